The van der Waals surface area contributed by atoms with Crippen molar-refractivity contribution >= 4 is 35.5 Å². The van der Waals surface area contributed by atoms with Crippen LogP contribution < -0.4 is 27.0 Å². The zero-order valence-corrected chi connectivity index (χ0v) is 23.5. The molecule has 1 heterocycles. The van der Waals surface area contributed by atoms with Crippen LogP contribution >= 0.6 is 0 Å². The molecule has 0 radical (unpaired) electrons. The normalized spacial score (nSPS) is 18.0. The Balaban J connectivity index is 2.94. The zero-order chi connectivity index (χ0) is 30.6. The Morgan fingerprint density at radius 2 is 1.35 bits per heavy atom. The van der Waals surface area contributed by atoms with Crippen LogP contribution in [0, 0.1) is 11.8 Å². The van der Waals surface area contributed by atoms with Crippen molar-refractivity contribution in [3.63, 3.8) is 0 Å². The number of rotatable bonds is 16. The number of carbonyl (C=O) groups is 6. The second-order valence-corrected chi connectivity index (χ2v) is 10.7. The average Bonchev–Trinajstić information content (AvgIpc) is 3.37. The molecule has 1 saturated heterocycles. The first-order valence-electron chi connectivity index (χ1n) is 13.4. The number of carboxylic acid groups (broad SMARTS) is 1. The fourth-order valence-corrected chi connectivity index (χ4v) is 4.30. The lowest BCUT2D eigenvalue weighted by Crippen LogP contribution is -2.60. The minimum atomic E-state index is -1.44. The van der Waals surface area contributed by atoms with E-state index in [1.165, 1.54) is 4.90 Å². The molecule has 0 aromatic heterocycles. The molecule has 1 fully saturated rings. The van der Waals surface area contributed by atoms with Gasteiger partial charge in [-0.25, -0.2) is 0 Å². The molecule has 0 spiro atoms. The van der Waals surface area contributed by atoms with Crippen LogP contribution in [0.25, 0.3) is 0 Å². The van der Waals surface area contributed by atoms with Gasteiger partial charge >= 0.3 is 5.97 Å². The molecule has 228 valence electrons. The Bertz CT molecular complexity index is 913. The number of carboxylic acids is 1. The summed E-state index contributed by atoms with van der Waals surface area (Å²) in [5, 5.41) is 37.8. The van der Waals surface area contributed by atoms with E-state index >= 15 is 0 Å². The van der Waals surface area contributed by atoms with Crippen molar-refractivity contribution in [3.05, 3.63) is 0 Å². The molecule has 9 N–H and O–H groups in total. The summed E-state index contributed by atoms with van der Waals surface area (Å²) >= 11 is 0. The Labute approximate surface area is 233 Å². The fourth-order valence-electron chi connectivity index (χ4n) is 4.30. The number of aliphatic carboxylic acids is 1. The van der Waals surface area contributed by atoms with Gasteiger partial charge in [-0.3, -0.25) is 28.8 Å². The van der Waals surface area contributed by atoms with Gasteiger partial charge in [-0.15, -0.1) is 0 Å². The summed E-state index contributed by atoms with van der Waals surface area (Å²) in [5.74, 6) is -4.88. The van der Waals surface area contributed by atoms with Crippen LogP contribution in [0.5, 0.6) is 0 Å². The molecule has 0 aliphatic carbocycles. The highest BCUT2D eigenvalue weighted by atomic mass is 16.4. The summed E-state index contributed by atoms with van der Waals surface area (Å²) < 4.78 is 0. The largest absolute Gasteiger partial charge is 0.480 e. The molecular weight excluding hydrogens is 528 g/mol. The minimum absolute atomic E-state index is 0.0955. The van der Waals surface area contributed by atoms with Crippen molar-refractivity contribution in [3.8, 4) is 0 Å². The van der Waals surface area contributed by atoms with Crippen LogP contribution in [0.15, 0.2) is 0 Å². The third kappa shape index (κ3) is 11.1. The number of aliphatic hydroxyl groups excluding tert-OH is 2. The molecule has 15 nitrogen and oxygen atoms in total. The highest BCUT2D eigenvalue weighted by Gasteiger charge is 2.38. The minimum Gasteiger partial charge on any atom is -0.480 e. The van der Waals surface area contributed by atoms with E-state index < -0.39 is 85.5 Å². The van der Waals surface area contributed by atoms with Gasteiger partial charge in [-0.05, 0) is 37.5 Å². The van der Waals surface area contributed by atoms with Gasteiger partial charge in [-0.2, -0.15) is 0 Å². The number of likely N-dealkylation sites (tertiary alicyclic amines) is 1. The van der Waals surface area contributed by atoms with E-state index in [4.69, 9.17) is 10.8 Å². The second kappa shape index (κ2) is 16.7. The number of nitrogens with one attached hydrogen (secondary N) is 4. The highest BCUT2D eigenvalue weighted by molar-refractivity contribution is 5.96. The van der Waals surface area contributed by atoms with Crippen molar-refractivity contribution in [1.29, 1.82) is 0 Å². The van der Waals surface area contributed by atoms with Gasteiger partial charge in [0.05, 0.1) is 19.3 Å². The van der Waals surface area contributed by atoms with Crippen molar-refractivity contribution in [1.82, 2.24) is 26.2 Å². The van der Waals surface area contributed by atoms with E-state index in [2.05, 4.69) is 21.3 Å². The van der Waals surface area contributed by atoms with Gasteiger partial charge in [0.1, 0.15) is 30.7 Å². The molecule has 1 rings (SSSR count). The molecule has 0 unspecified atom stereocenters. The lowest BCUT2D eigenvalue weighted by Gasteiger charge is -2.29. The quantitative estimate of drug-likeness (QED) is 0.0934. The first-order valence-corrected chi connectivity index (χ1v) is 13.4. The third-order valence-electron chi connectivity index (χ3n) is 6.27. The molecule has 5 atom stereocenters. The average molecular weight is 573 g/mol. The molecule has 0 aromatic rings. The summed E-state index contributed by atoms with van der Waals surface area (Å²) in [6, 6.07) is -5.85. The number of nitrogens with zero attached hydrogens (tertiary/aromatic N) is 1. The number of aliphatic hydroxyl groups is 2. The Morgan fingerprint density at radius 3 is 1.88 bits per heavy atom. The van der Waals surface area contributed by atoms with E-state index in [9.17, 15) is 39.0 Å². The molecule has 40 heavy (non-hydrogen) atoms. The molecule has 1 aliphatic rings. The monoisotopic (exact) mass is 572 g/mol. The van der Waals surface area contributed by atoms with E-state index in [0.717, 1.165) is 0 Å². The molecule has 5 amide bonds. The maximum absolute atomic E-state index is 13.1. The number of nitrogens with two attached hydrogens (primary N) is 1. The Morgan fingerprint density at radius 1 is 0.825 bits per heavy atom. The highest BCUT2D eigenvalue weighted by Crippen LogP contribution is 2.19. The fraction of sp³-hybridized carbons (Fsp3) is 0.760. The van der Waals surface area contributed by atoms with E-state index in [1.807, 2.05) is 13.8 Å². The van der Waals surface area contributed by atoms with Gasteiger partial charge in [0, 0.05) is 6.54 Å². The number of hydrogen-bond donors (Lipinski definition) is 8. The molecule has 0 saturated carbocycles. The van der Waals surface area contributed by atoms with Crippen molar-refractivity contribution < 1.29 is 44.1 Å². The van der Waals surface area contributed by atoms with Crippen LogP contribution in [0.3, 0.4) is 0 Å². The van der Waals surface area contributed by atoms with E-state index in [-0.39, 0.29) is 31.2 Å². The molecular formula is C25H44N6O9. The van der Waals surface area contributed by atoms with Gasteiger partial charge in [-0.1, -0.05) is 27.7 Å². The van der Waals surface area contributed by atoms with Gasteiger partial charge < -0.3 is 47.2 Å². The molecule has 15 heteroatoms. The van der Waals surface area contributed by atoms with Crippen LogP contribution in [0.4, 0.5) is 0 Å². The topological polar surface area (TPSA) is 240 Å². The van der Waals surface area contributed by atoms with Crippen molar-refractivity contribution in [2.24, 2.45) is 17.6 Å². The van der Waals surface area contributed by atoms with E-state index in [0.29, 0.717) is 12.8 Å². The number of hydrogen-bond acceptors (Lipinski definition) is 9. The summed E-state index contributed by atoms with van der Waals surface area (Å²) in [4.78, 5) is 75.8. The summed E-state index contributed by atoms with van der Waals surface area (Å²) in [7, 11) is 0. The Hall–Kier alpha value is -3.30. The smallest absolute Gasteiger partial charge is 0.322 e. The molecule has 0 bridgehead atoms. The third-order valence-corrected chi connectivity index (χ3v) is 6.27. The lowest BCUT2D eigenvalue weighted by molar-refractivity contribution is -0.143. The summed E-state index contributed by atoms with van der Waals surface area (Å²) in [5.41, 5.74) is 5.85. The van der Waals surface area contributed by atoms with Crippen LogP contribution in [0.1, 0.15) is 53.4 Å². The summed E-state index contributed by atoms with van der Waals surface area (Å²) in [6.45, 7) is 5.34. The van der Waals surface area contributed by atoms with Gasteiger partial charge in [0.25, 0.3) is 0 Å². The number of carbonyl (C=O) groups excluding carboxylic acids is 5. The molecule has 0 aromatic carbocycles. The van der Waals surface area contributed by atoms with Gasteiger partial charge in [0.15, 0.2) is 0 Å². The van der Waals surface area contributed by atoms with Crippen LogP contribution in [-0.4, -0.2) is 112 Å². The Kier molecular flexibility index (Phi) is 14.5. The summed E-state index contributed by atoms with van der Waals surface area (Å²) in [6.07, 6.45) is 1.24. The lowest BCUT2D eigenvalue weighted by atomic mass is 10.0. The standard InChI is InChI=1S/C25H44N6O9/c1-13(2)8-15(26)21(36)29-17(11-32)23(38)28-16(9-14(3)4)22(37)30-18(12-33)25(40)31-7-5-6-19(31)24(39)27-10-20(34)35/h13-19,32-33H,5-12,26H2,1-4H3,(H,27,39)(H,28,38)(H,29,36)(H,30,37)(H,34,35)/t15-,16-,17-,18-,19-/m0/s1. The van der Waals surface area contributed by atoms with Crippen molar-refractivity contribution in [2.75, 3.05) is 26.3 Å². The second-order valence-electron chi connectivity index (χ2n) is 10.7. The number of amides is 5. The SMILES string of the molecule is CC(C)C[C@H](NC(=O)[C@H](CO)NC(=O)[C@@H](N)CC(C)C)C(=O)N[C@@H](CO)C(=O)N1CCC[C@H]1C(=O)NCC(=O)O. The first kappa shape index (κ1) is 34.7. The first-order chi connectivity index (χ1) is 18.7. The van der Waals surface area contributed by atoms with Gasteiger partial charge in [0.2, 0.25) is 29.5 Å². The maximum atomic E-state index is 13.1. The van der Waals surface area contributed by atoms with E-state index in [1.54, 1.807) is 13.8 Å². The van der Waals surface area contributed by atoms with Crippen molar-refractivity contribution in [2.45, 2.75) is 83.6 Å². The predicted molar refractivity (Wildman–Crippen MR) is 142 cm³/mol. The predicted octanol–water partition coefficient (Wildman–Crippen LogP) is -2.96. The maximum Gasteiger partial charge on any atom is 0.322 e. The molecule has 1 aliphatic heterocycles. The van der Waals surface area contributed by atoms with Crippen LogP contribution in [-0.2, 0) is 28.8 Å². The van der Waals surface area contributed by atoms with Crippen LogP contribution in [0.2, 0.25) is 0 Å². The zero-order valence-electron chi connectivity index (χ0n) is 23.5.